The lowest BCUT2D eigenvalue weighted by Crippen LogP contribution is -2.37. The minimum atomic E-state index is -0.591. The maximum absolute atomic E-state index is 14.3. The highest BCUT2D eigenvalue weighted by atomic mass is 35.5. The third-order valence-corrected chi connectivity index (χ3v) is 5.53. The monoisotopic (exact) mass is 508 g/mol. The normalized spacial score (nSPS) is 11.1. The Kier molecular flexibility index (Phi) is 7.12. The fourth-order valence-electron chi connectivity index (χ4n) is 3.80. The summed E-state index contributed by atoms with van der Waals surface area (Å²) in [6, 6.07) is 10.1. The van der Waals surface area contributed by atoms with E-state index in [0.29, 0.717) is 28.0 Å². The summed E-state index contributed by atoms with van der Waals surface area (Å²) in [4.78, 5) is 46.4. The predicted molar refractivity (Wildman–Crippen MR) is 135 cm³/mol. The molecule has 0 aliphatic rings. The van der Waals surface area contributed by atoms with Crippen molar-refractivity contribution in [2.45, 2.75) is 26.4 Å². The fraction of sp³-hybridized carbons (Fsp3) is 0.192. The average molecular weight is 509 g/mol. The molecule has 8 nitrogen and oxygen atoms in total. The number of carbonyl (C=O) groups is 2. The van der Waals surface area contributed by atoms with Crippen LogP contribution in [0.3, 0.4) is 0 Å². The number of aromatic nitrogens is 3. The summed E-state index contributed by atoms with van der Waals surface area (Å²) < 4.78 is 20.6. The standard InChI is InChI=1S/C26H22ClFN4O4/c1-14(2)30-23(34)12-32-25(17-7-20(28)10-21(8-17)36-3)31-24-22(26(32)35)9-18(11-29-24)16-4-15(13-33)5-19(27)6-16/h4-11,13-14H,12H2,1-3H3,(H,30,34). The molecular weight excluding hydrogens is 487 g/mol. The second-order valence-electron chi connectivity index (χ2n) is 8.41. The number of pyridine rings is 1. The molecule has 10 heteroatoms. The molecule has 0 radical (unpaired) electrons. The van der Waals surface area contributed by atoms with Gasteiger partial charge in [0.1, 0.15) is 30.2 Å². The molecule has 1 N–H and O–H groups in total. The molecule has 0 aliphatic carbocycles. The van der Waals surface area contributed by atoms with Gasteiger partial charge >= 0.3 is 0 Å². The fourth-order valence-corrected chi connectivity index (χ4v) is 4.04. The summed E-state index contributed by atoms with van der Waals surface area (Å²) in [5.41, 5.74) is 1.31. The number of amides is 1. The topological polar surface area (TPSA) is 103 Å². The number of carbonyl (C=O) groups excluding carboxylic acids is 2. The van der Waals surface area contributed by atoms with E-state index in [2.05, 4.69) is 15.3 Å². The van der Waals surface area contributed by atoms with E-state index in [1.165, 1.54) is 42.1 Å². The number of aldehydes is 1. The van der Waals surface area contributed by atoms with Crippen LogP contribution in [0.5, 0.6) is 5.75 Å². The van der Waals surface area contributed by atoms with Crippen molar-refractivity contribution in [2.75, 3.05) is 7.11 Å². The van der Waals surface area contributed by atoms with Gasteiger partial charge < -0.3 is 10.1 Å². The lowest BCUT2D eigenvalue weighted by atomic mass is 10.0. The van der Waals surface area contributed by atoms with Gasteiger partial charge in [-0.1, -0.05) is 11.6 Å². The highest BCUT2D eigenvalue weighted by Gasteiger charge is 2.19. The van der Waals surface area contributed by atoms with E-state index >= 15 is 0 Å². The van der Waals surface area contributed by atoms with Crippen LogP contribution in [-0.2, 0) is 11.3 Å². The maximum atomic E-state index is 14.3. The molecule has 0 saturated carbocycles. The Morgan fingerprint density at radius 2 is 1.92 bits per heavy atom. The Morgan fingerprint density at radius 1 is 1.14 bits per heavy atom. The minimum absolute atomic E-state index is 0.0652. The predicted octanol–water partition coefficient (Wildman–Crippen LogP) is 4.26. The van der Waals surface area contributed by atoms with E-state index in [0.717, 1.165) is 0 Å². The van der Waals surface area contributed by atoms with Crippen molar-refractivity contribution >= 4 is 34.8 Å². The molecule has 0 spiro atoms. The molecule has 4 aromatic rings. The van der Waals surface area contributed by atoms with Crippen LogP contribution in [0, 0.1) is 5.82 Å². The number of hydrogen-bond acceptors (Lipinski definition) is 6. The Labute approximate surface area is 210 Å². The molecule has 0 bridgehead atoms. The number of halogens is 2. The molecule has 2 heterocycles. The highest BCUT2D eigenvalue weighted by molar-refractivity contribution is 6.31. The number of fused-ring (bicyclic) bond motifs is 1. The van der Waals surface area contributed by atoms with Crippen molar-refractivity contribution < 1.29 is 18.7 Å². The van der Waals surface area contributed by atoms with Crippen molar-refractivity contribution in [3.63, 3.8) is 0 Å². The SMILES string of the molecule is COc1cc(F)cc(-c2nc3ncc(-c4cc(Cl)cc(C=O)c4)cc3c(=O)n2CC(=O)NC(C)C)c1. The van der Waals surface area contributed by atoms with Gasteiger partial charge in [0.05, 0.1) is 12.5 Å². The number of ether oxygens (including phenoxy) is 1. The van der Waals surface area contributed by atoms with Gasteiger partial charge in [-0.05, 0) is 55.8 Å². The molecule has 0 unspecified atom stereocenters. The number of nitrogens with one attached hydrogen (secondary N) is 1. The second-order valence-corrected chi connectivity index (χ2v) is 8.85. The molecule has 184 valence electrons. The molecule has 0 fully saturated rings. The number of methoxy groups -OCH3 is 1. The average Bonchev–Trinajstić information content (AvgIpc) is 2.84. The Balaban J connectivity index is 1.95. The summed E-state index contributed by atoms with van der Waals surface area (Å²) in [6.45, 7) is 3.25. The minimum Gasteiger partial charge on any atom is -0.497 e. The molecule has 2 aromatic carbocycles. The molecule has 2 aromatic heterocycles. The van der Waals surface area contributed by atoms with Crippen molar-refractivity contribution in [1.82, 2.24) is 19.9 Å². The first kappa shape index (κ1) is 25.0. The third kappa shape index (κ3) is 5.26. The van der Waals surface area contributed by atoms with Gasteiger partial charge in [-0.2, -0.15) is 0 Å². The van der Waals surface area contributed by atoms with Crippen LogP contribution in [0.2, 0.25) is 5.02 Å². The van der Waals surface area contributed by atoms with Crippen LogP contribution in [0.4, 0.5) is 4.39 Å². The number of nitrogens with zero attached hydrogens (tertiary/aromatic N) is 3. The smallest absolute Gasteiger partial charge is 0.263 e. The Bertz CT molecular complexity index is 1550. The number of hydrogen-bond donors (Lipinski definition) is 1. The summed E-state index contributed by atoms with van der Waals surface area (Å²) in [6.07, 6.45) is 2.17. The van der Waals surface area contributed by atoms with Crippen LogP contribution in [-0.4, -0.2) is 39.9 Å². The lowest BCUT2D eigenvalue weighted by Gasteiger charge is -2.15. The van der Waals surface area contributed by atoms with Gasteiger partial charge in [-0.3, -0.25) is 19.0 Å². The van der Waals surface area contributed by atoms with Gasteiger partial charge in [0, 0.05) is 40.0 Å². The summed E-state index contributed by atoms with van der Waals surface area (Å²) in [5.74, 6) is -0.706. The number of benzene rings is 2. The maximum Gasteiger partial charge on any atom is 0.263 e. The van der Waals surface area contributed by atoms with E-state index in [1.807, 2.05) is 0 Å². The molecule has 4 rings (SSSR count). The molecular formula is C26H22ClFN4O4. The van der Waals surface area contributed by atoms with E-state index in [1.54, 1.807) is 32.0 Å². The van der Waals surface area contributed by atoms with Crippen LogP contribution in [0.25, 0.3) is 33.5 Å². The summed E-state index contributed by atoms with van der Waals surface area (Å²) in [5, 5.41) is 3.24. The highest BCUT2D eigenvalue weighted by Crippen LogP contribution is 2.28. The Hall–Kier alpha value is -4.11. The van der Waals surface area contributed by atoms with Crippen molar-refractivity contribution in [3.8, 4) is 28.3 Å². The number of rotatable bonds is 7. The first-order valence-electron chi connectivity index (χ1n) is 11.0. The lowest BCUT2D eigenvalue weighted by molar-refractivity contribution is -0.122. The van der Waals surface area contributed by atoms with Crippen molar-refractivity contribution in [1.29, 1.82) is 0 Å². The third-order valence-electron chi connectivity index (χ3n) is 5.32. The zero-order valence-corrected chi connectivity index (χ0v) is 20.5. The molecule has 36 heavy (non-hydrogen) atoms. The second kappa shape index (κ2) is 10.2. The van der Waals surface area contributed by atoms with Crippen molar-refractivity contribution in [2.24, 2.45) is 0 Å². The van der Waals surface area contributed by atoms with E-state index in [9.17, 15) is 18.8 Å². The van der Waals surface area contributed by atoms with Crippen LogP contribution < -0.4 is 15.6 Å². The molecule has 0 atom stereocenters. The zero-order chi connectivity index (χ0) is 26.0. The van der Waals surface area contributed by atoms with Crippen molar-refractivity contribution in [3.05, 3.63) is 75.4 Å². The first-order chi connectivity index (χ1) is 17.2. The molecule has 0 saturated heterocycles. The van der Waals surface area contributed by atoms with Crippen LogP contribution in [0.15, 0.2) is 53.5 Å². The van der Waals surface area contributed by atoms with Gasteiger partial charge in [0.2, 0.25) is 5.91 Å². The summed E-state index contributed by atoms with van der Waals surface area (Å²) >= 11 is 6.14. The zero-order valence-electron chi connectivity index (χ0n) is 19.7. The Morgan fingerprint density at radius 3 is 2.61 bits per heavy atom. The molecule has 0 aliphatic heterocycles. The van der Waals surface area contributed by atoms with E-state index in [4.69, 9.17) is 16.3 Å². The first-order valence-corrected chi connectivity index (χ1v) is 11.4. The van der Waals surface area contributed by atoms with Gasteiger partial charge in [-0.15, -0.1) is 0 Å². The summed E-state index contributed by atoms with van der Waals surface area (Å²) in [7, 11) is 1.39. The molecule has 1 amide bonds. The largest absolute Gasteiger partial charge is 0.497 e. The van der Waals surface area contributed by atoms with E-state index in [-0.39, 0.29) is 40.8 Å². The van der Waals surface area contributed by atoms with Gasteiger partial charge in [-0.25, -0.2) is 14.4 Å². The quantitative estimate of drug-likeness (QED) is 0.374. The van der Waals surface area contributed by atoms with E-state index < -0.39 is 17.3 Å². The van der Waals surface area contributed by atoms with Gasteiger partial charge in [0.25, 0.3) is 5.56 Å². The van der Waals surface area contributed by atoms with Gasteiger partial charge in [0.15, 0.2) is 5.65 Å². The van der Waals surface area contributed by atoms with Crippen LogP contribution in [0.1, 0.15) is 24.2 Å². The van der Waals surface area contributed by atoms with Crippen LogP contribution >= 0.6 is 11.6 Å².